The van der Waals surface area contributed by atoms with Gasteiger partial charge < -0.3 is 20.9 Å². The molecule has 108 valence electrons. The average molecular weight is 262 g/mol. The number of hydrogen-bond acceptors (Lipinski definition) is 5. The van der Waals surface area contributed by atoms with Crippen LogP contribution in [-0.2, 0) is 14.3 Å². The van der Waals surface area contributed by atoms with Crippen LogP contribution in [-0.4, -0.2) is 42.3 Å². The number of nitrogens with one attached hydrogen (secondary N) is 1. The van der Waals surface area contributed by atoms with Crippen LogP contribution >= 0.6 is 0 Å². The van der Waals surface area contributed by atoms with Gasteiger partial charge in [-0.2, -0.15) is 0 Å². The zero-order valence-corrected chi connectivity index (χ0v) is 11.9. The third kappa shape index (κ3) is 10.0. The number of carbonyl (C=O) groups excluding carboxylic acids is 1. The van der Waals surface area contributed by atoms with E-state index in [2.05, 4.69) is 10.1 Å². The highest BCUT2D eigenvalue weighted by atomic mass is 16.5. The summed E-state index contributed by atoms with van der Waals surface area (Å²) in [5.74, 6) is -1.11. The fraction of sp³-hybridized carbons (Fsp3) is 0.833. The molecule has 0 aliphatic rings. The lowest BCUT2D eigenvalue weighted by Crippen LogP contribution is -2.40. The van der Waals surface area contributed by atoms with Crippen molar-refractivity contribution < 1.29 is 19.4 Å². The van der Waals surface area contributed by atoms with Crippen molar-refractivity contribution in [3.8, 4) is 0 Å². The third-order valence-corrected chi connectivity index (χ3v) is 2.19. The van der Waals surface area contributed by atoms with Gasteiger partial charge in [-0.1, -0.05) is 27.7 Å². The maximum Gasteiger partial charge on any atom is 0.322 e. The van der Waals surface area contributed by atoms with Gasteiger partial charge in [-0.15, -0.1) is 0 Å². The average Bonchev–Trinajstić information content (AvgIpc) is 2.34. The molecular weight excluding hydrogens is 236 g/mol. The lowest BCUT2D eigenvalue weighted by molar-refractivity contribution is -0.143. The molecule has 0 saturated carbocycles. The topological polar surface area (TPSA) is 102 Å². The van der Waals surface area contributed by atoms with Gasteiger partial charge >= 0.3 is 11.9 Å². The minimum absolute atomic E-state index is 0.153. The van der Waals surface area contributed by atoms with Crippen molar-refractivity contribution in [2.75, 3.05) is 7.11 Å². The standard InChI is InChI=1S/C8H17NO2.C4H9NO2/c1-5-7(8(10)11-4)9-6(2)3;1-2-3(5)4(6)7/h6-7,9H,5H2,1-4H3;3H,2,5H2,1H3,(H,6,7)/t7-;3-/m00/s1. The molecule has 0 aromatic heterocycles. The first-order chi connectivity index (χ1) is 8.29. The Morgan fingerprint density at radius 2 is 1.78 bits per heavy atom. The summed E-state index contributed by atoms with van der Waals surface area (Å²) in [7, 11) is 1.41. The molecule has 0 rings (SSSR count). The highest BCUT2D eigenvalue weighted by Gasteiger charge is 2.16. The number of carboxylic acids is 1. The Labute approximate surface area is 109 Å². The van der Waals surface area contributed by atoms with Gasteiger partial charge in [-0.3, -0.25) is 9.59 Å². The van der Waals surface area contributed by atoms with E-state index in [1.165, 1.54) is 7.11 Å². The van der Waals surface area contributed by atoms with Gasteiger partial charge in [0.25, 0.3) is 0 Å². The van der Waals surface area contributed by atoms with E-state index in [9.17, 15) is 9.59 Å². The molecule has 18 heavy (non-hydrogen) atoms. The van der Waals surface area contributed by atoms with E-state index in [0.29, 0.717) is 12.5 Å². The third-order valence-electron chi connectivity index (χ3n) is 2.19. The van der Waals surface area contributed by atoms with E-state index >= 15 is 0 Å². The zero-order valence-electron chi connectivity index (χ0n) is 11.9. The van der Waals surface area contributed by atoms with Crippen molar-refractivity contribution in [2.45, 2.75) is 58.7 Å². The predicted molar refractivity (Wildman–Crippen MR) is 70.3 cm³/mol. The van der Waals surface area contributed by atoms with Crippen LogP contribution in [0.3, 0.4) is 0 Å². The maximum absolute atomic E-state index is 11.0. The SMILES string of the molecule is CC[C@H](N)C(=O)O.CC[C@H](NC(C)C)C(=O)OC. The summed E-state index contributed by atoms with van der Waals surface area (Å²) in [6.07, 6.45) is 1.26. The molecule has 0 spiro atoms. The number of nitrogens with two attached hydrogens (primary N) is 1. The molecule has 4 N–H and O–H groups in total. The number of aliphatic carboxylic acids is 1. The van der Waals surface area contributed by atoms with E-state index in [0.717, 1.165) is 6.42 Å². The van der Waals surface area contributed by atoms with Gasteiger partial charge in [0.2, 0.25) is 0 Å². The van der Waals surface area contributed by atoms with Gasteiger partial charge in [0.05, 0.1) is 7.11 Å². The predicted octanol–water partition coefficient (Wildman–Crippen LogP) is 0.744. The number of hydrogen-bond donors (Lipinski definition) is 3. The van der Waals surface area contributed by atoms with Crippen LogP contribution in [0.1, 0.15) is 40.5 Å². The Morgan fingerprint density at radius 1 is 1.28 bits per heavy atom. The van der Waals surface area contributed by atoms with Crippen LogP contribution in [0.5, 0.6) is 0 Å². The first kappa shape index (κ1) is 19.2. The number of esters is 1. The lowest BCUT2D eigenvalue weighted by atomic mass is 10.2. The van der Waals surface area contributed by atoms with Crippen molar-refractivity contribution in [3.05, 3.63) is 0 Å². The summed E-state index contributed by atoms with van der Waals surface area (Å²) < 4.78 is 4.60. The Bertz CT molecular complexity index is 244. The smallest absolute Gasteiger partial charge is 0.322 e. The lowest BCUT2D eigenvalue weighted by Gasteiger charge is -2.16. The summed E-state index contributed by atoms with van der Waals surface area (Å²) in [6, 6.07) is -0.515. The van der Waals surface area contributed by atoms with Crippen LogP contribution in [0, 0.1) is 0 Å². The largest absolute Gasteiger partial charge is 0.480 e. The van der Waals surface area contributed by atoms with Crippen LogP contribution < -0.4 is 11.1 Å². The molecule has 2 atom stereocenters. The van der Waals surface area contributed by atoms with E-state index in [1.54, 1.807) is 6.92 Å². The molecule has 0 saturated heterocycles. The van der Waals surface area contributed by atoms with Crippen LogP contribution in [0.4, 0.5) is 0 Å². The Hall–Kier alpha value is -1.14. The molecule has 0 bridgehead atoms. The summed E-state index contributed by atoms with van der Waals surface area (Å²) in [5, 5.41) is 11.2. The van der Waals surface area contributed by atoms with Crippen molar-refractivity contribution in [3.63, 3.8) is 0 Å². The summed E-state index contributed by atoms with van der Waals surface area (Å²) >= 11 is 0. The molecule has 0 aliphatic heterocycles. The molecule has 6 heteroatoms. The number of rotatable bonds is 6. The molecule has 0 aromatic carbocycles. The summed E-state index contributed by atoms with van der Waals surface area (Å²) in [6.45, 7) is 7.70. The van der Waals surface area contributed by atoms with E-state index in [1.807, 2.05) is 20.8 Å². The number of ether oxygens (including phenoxy) is 1. The van der Waals surface area contributed by atoms with Crippen LogP contribution in [0.2, 0.25) is 0 Å². The Balaban J connectivity index is 0. The molecule has 6 nitrogen and oxygen atoms in total. The van der Waals surface area contributed by atoms with Crippen molar-refractivity contribution >= 4 is 11.9 Å². The molecular formula is C12H26N2O4. The zero-order chi connectivity index (χ0) is 14.7. The second-order valence-corrected chi connectivity index (χ2v) is 4.16. The fourth-order valence-electron chi connectivity index (χ4n) is 1.07. The summed E-state index contributed by atoms with van der Waals surface area (Å²) in [5.41, 5.74) is 5.02. The van der Waals surface area contributed by atoms with Gasteiger partial charge in [-0.05, 0) is 12.8 Å². The van der Waals surface area contributed by atoms with Gasteiger partial charge in [0.15, 0.2) is 0 Å². The molecule has 0 fully saturated rings. The highest BCUT2D eigenvalue weighted by molar-refractivity contribution is 5.75. The van der Waals surface area contributed by atoms with Crippen molar-refractivity contribution in [1.82, 2.24) is 5.32 Å². The van der Waals surface area contributed by atoms with E-state index < -0.39 is 12.0 Å². The molecule has 0 aromatic rings. The van der Waals surface area contributed by atoms with Crippen molar-refractivity contribution in [1.29, 1.82) is 0 Å². The van der Waals surface area contributed by atoms with Crippen LogP contribution in [0.25, 0.3) is 0 Å². The monoisotopic (exact) mass is 262 g/mol. The van der Waals surface area contributed by atoms with Crippen LogP contribution in [0.15, 0.2) is 0 Å². The summed E-state index contributed by atoms with van der Waals surface area (Å²) in [4.78, 5) is 20.8. The minimum Gasteiger partial charge on any atom is -0.480 e. The highest BCUT2D eigenvalue weighted by Crippen LogP contribution is 1.95. The van der Waals surface area contributed by atoms with E-state index in [4.69, 9.17) is 10.8 Å². The molecule has 0 heterocycles. The van der Waals surface area contributed by atoms with Gasteiger partial charge in [0, 0.05) is 6.04 Å². The van der Waals surface area contributed by atoms with E-state index in [-0.39, 0.29) is 12.0 Å². The minimum atomic E-state index is -0.928. The maximum atomic E-state index is 11.0. The second kappa shape index (κ2) is 11.0. The molecule has 0 aliphatic carbocycles. The number of methoxy groups -OCH3 is 1. The fourth-order valence-corrected chi connectivity index (χ4v) is 1.07. The quantitative estimate of drug-likeness (QED) is 0.610. The Kier molecular flexibility index (Phi) is 11.7. The molecule has 0 unspecified atom stereocenters. The number of carbonyl (C=O) groups is 2. The number of carboxylic acid groups (broad SMARTS) is 1. The van der Waals surface area contributed by atoms with Crippen molar-refractivity contribution in [2.24, 2.45) is 5.73 Å². The first-order valence-electron chi connectivity index (χ1n) is 6.12. The first-order valence-corrected chi connectivity index (χ1v) is 6.12. The second-order valence-electron chi connectivity index (χ2n) is 4.16. The normalized spacial score (nSPS) is 13.3. The van der Waals surface area contributed by atoms with Gasteiger partial charge in [-0.25, -0.2) is 0 Å². The van der Waals surface area contributed by atoms with Gasteiger partial charge in [0.1, 0.15) is 12.1 Å². The molecule has 0 amide bonds. The molecule has 0 radical (unpaired) electrons. The Morgan fingerprint density at radius 3 is 1.94 bits per heavy atom.